The van der Waals surface area contributed by atoms with Crippen LogP contribution in [0, 0.1) is 17.7 Å². The molecule has 0 aliphatic carbocycles. The highest BCUT2D eigenvalue weighted by molar-refractivity contribution is 8.00. The van der Waals surface area contributed by atoms with Gasteiger partial charge in [-0.25, -0.2) is 4.39 Å². The lowest BCUT2D eigenvalue weighted by Crippen LogP contribution is -2.07. The highest BCUT2D eigenvalue weighted by atomic mass is 32.2. The second-order valence-corrected chi connectivity index (χ2v) is 6.48. The SMILES string of the molecule is CN(C)c1nnc(SCc2ccc(C#CCO)cc2F)s1. The van der Waals surface area contributed by atoms with Crippen molar-refractivity contribution in [2.24, 2.45) is 0 Å². The van der Waals surface area contributed by atoms with E-state index in [1.807, 2.05) is 19.0 Å². The van der Waals surface area contributed by atoms with Gasteiger partial charge in [-0.15, -0.1) is 10.2 Å². The second kappa shape index (κ2) is 7.41. The van der Waals surface area contributed by atoms with Crippen LogP contribution < -0.4 is 4.90 Å². The van der Waals surface area contributed by atoms with Crippen LogP contribution >= 0.6 is 23.1 Å². The van der Waals surface area contributed by atoms with E-state index < -0.39 is 0 Å². The van der Waals surface area contributed by atoms with Crippen LogP contribution in [0.25, 0.3) is 0 Å². The molecule has 0 unspecified atom stereocenters. The lowest BCUT2D eigenvalue weighted by atomic mass is 10.1. The van der Waals surface area contributed by atoms with Crippen LogP contribution in [0.4, 0.5) is 9.52 Å². The molecule has 0 aliphatic heterocycles. The van der Waals surface area contributed by atoms with Gasteiger partial charge in [-0.1, -0.05) is 41.0 Å². The quantitative estimate of drug-likeness (QED) is 0.691. The van der Waals surface area contributed by atoms with Gasteiger partial charge in [-0.3, -0.25) is 0 Å². The van der Waals surface area contributed by atoms with Gasteiger partial charge in [0.05, 0.1) is 0 Å². The molecule has 0 saturated heterocycles. The molecule has 0 aliphatic rings. The fourth-order valence-electron chi connectivity index (χ4n) is 1.46. The van der Waals surface area contributed by atoms with Gasteiger partial charge >= 0.3 is 0 Å². The van der Waals surface area contributed by atoms with Crippen molar-refractivity contribution < 1.29 is 9.50 Å². The monoisotopic (exact) mass is 323 g/mol. The van der Waals surface area contributed by atoms with Crippen molar-refractivity contribution in [3.05, 3.63) is 35.1 Å². The number of thioether (sulfide) groups is 1. The summed E-state index contributed by atoms with van der Waals surface area (Å²) in [5.41, 5.74) is 1.15. The molecule has 4 nitrogen and oxygen atoms in total. The summed E-state index contributed by atoms with van der Waals surface area (Å²) in [6.45, 7) is -0.232. The maximum absolute atomic E-state index is 13.9. The summed E-state index contributed by atoms with van der Waals surface area (Å²) in [6, 6.07) is 4.83. The number of benzene rings is 1. The van der Waals surface area contributed by atoms with Crippen LogP contribution in [0.15, 0.2) is 22.5 Å². The second-order valence-electron chi connectivity index (χ2n) is 4.30. The molecule has 21 heavy (non-hydrogen) atoms. The predicted octanol–water partition coefficient (Wildman–Crippen LogP) is 2.38. The third kappa shape index (κ3) is 4.43. The van der Waals surface area contributed by atoms with Crippen molar-refractivity contribution in [3.63, 3.8) is 0 Å². The molecule has 1 aromatic heterocycles. The van der Waals surface area contributed by atoms with Gasteiger partial charge in [0.15, 0.2) is 4.34 Å². The summed E-state index contributed by atoms with van der Waals surface area (Å²) >= 11 is 2.93. The number of aliphatic hydroxyl groups is 1. The van der Waals surface area contributed by atoms with E-state index in [-0.39, 0.29) is 12.4 Å². The fourth-order valence-corrected chi connectivity index (χ4v) is 3.21. The Labute approximate surface area is 131 Å². The van der Waals surface area contributed by atoms with Crippen LogP contribution in [-0.4, -0.2) is 36.0 Å². The molecule has 0 fully saturated rings. The number of aliphatic hydroxyl groups excluding tert-OH is 1. The van der Waals surface area contributed by atoms with Gasteiger partial charge in [0.2, 0.25) is 5.13 Å². The van der Waals surface area contributed by atoms with Crippen molar-refractivity contribution in [2.75, 3.05) is 25.6 Å². The Bertz CT molecular complexity index is 676. The number of nitrogens with zero attached hydrogens (tertiary/aromatic N) is 3. The normalized spacial score (nSPS) is 10.1. The van der Waals surface area contributed by atoms with Crippen molar-refractivity contribution >= 4 is 28.2 Å². The molecular weight excluding hydrogens is 309 g/mol. The number of hydrogen-bond donors (Lipinski definition) is 1. The topological polar surface area (TPSA) is 49.2 Å². The lowest BCUT2D eigenvalue weighted by Gasteiger charge is -2.04. The standard InChI is InChI=1S/C14H14FN3OS2/c1-18(2)13-16-17-14(21-13)20-9-11-6-5-10(4-3-7-19)8-12(11)15/h5-6,8,19H,7,9H2,1-2H3. The van der Waals surface area contributed by atoms with Crippen molar-refractivity contribution in [3.8, 4) is 11.8 Å². The van der Waals surface area contributed by atoms with E-state index in [2.05, 4.69) is 22.0 Å². The third-order valence-electron chi connectivity index (χ3n) is 2.49. The number of hydrogen-bond acceptors (Lipinski definition) is 6. The van der Waals surface area contributed by atoms with E-state index in [4.69, 9.17) is 5.11 Å². The molecule has 2 aromatic rings. The van der Waals surface area contributed by atoms with E-state index in [1.165, 1.54) is 29.2 Å². The van der Waals surface area contributed by atoms with Crippen LogP contribution in [-0.2, 0) is 5.75 Å². The van der Waals surface area contributed by atoms with Gasteiger partial charge in [-0.2, -0.15) is 0 Å². The highest BCUT2D eigenvalue weighted by Gasteiger charge is 2.09. The van der Waals surface area contributed by atoms with Crippen LogP contribution in [0.1, 0.15) is 11.1 Å². The molecule has 0 saturated carbocycles. The first-order valence-electron chi connectivity index (χ1n) is 6.12. The maximum atomic E-state index is 13.9. The smallest absolute Gasteiger partial charge is 0.208 e. The average Bonchev–Trinajstić information content (AvgIpc) is 2.93. The number of rotatable bonds is 4. The van der Waals surface area contributed by atoms with Gasteiger partial charge in [0.25, 0.3) is 0 Å². The summed E-state index contributed by atoms with van der Waals surface area (Å²) in [5, 5.41) is 17.5. The summed E-state index contributed by atoms with van der Waals surface area (Å²) in [4.78, 5) is 1.89. The Hall–Kier alpha value is -1.62. The minimum Gasteiger partial charge on any atom is -0.384 e. The fraction of sp³-hybridized carbons (Fsp3) is 0.286. The average molecular weight is 323 g/mol. The largest absolute Gasteiger partial charge is 0.384 e. The summed E-state index contributed by atoms with van der Waals surface area (Å²) in [5.74, 6) is 5.36. The van der Waals surface area contributed by atoms with E-state index in [1.54, 1.807) is 12.1 Å². The molecule has 7 heteroatoms. The zero-order chi connectivity index (χ0) is 15.2. The Kier molecular flexibility index (Phi) is 5.56. The zero-order valence-electron chi connectivity index (χ0n) is 11.6. The van der Waals surface area contributed by atoms with Crippen LogP contribution in [0.3, 0.4) is 0 Å². The van der Waals surface area contributed by atoms with E-state index >= 15 is 0 Å². The molecule has 1 heterocycles. The first kappa shape index (κ1) is 15.8. The maximum Gasteiger partial charge on any atom is 0.208 e. The van der Waals surface area contributed by atoms with Crippen molar-refractivity contribution in [1.29, 1.82) is 0 Å². The Balaban J connectivity index is 2.02. The van der Waals surface area contributed by atoms with Gasteiger partial charge < -0.3 is 10.0 Å². The van der Waals surface area contributed by atoms with E-state index in [0.29, 0.717) is 16.9 Å². The number of halogens is 1. The van der Waals surface area contributed by atoms with E-state index in [0.717, 1.165) is 9.47 Å². The van der Waals surface area contributed by atoms with Gasteiger partial charge in [0, 0.05) is 25.4 Å². The molecule has 0 bridgehead atoms. The molecular formula is C14H14FN3OS2. The molecule has 0 radical (unpaired) electrons. The first-order valence-corrected chi connectivity index (χ1v) is 7.92. The van der Waals surface area contributed by atoms with Gasteiger partial charge in [0.1, 0.15) is 12.4 Å². The summed E-state index contributed by atoms with van der Waals surface area (Å²) in [7, 11) is 3.81. The number of anilines is 1. The highest BCUT2D eigenvalue weighted by Crippen LogP contribution is 2.30. The van der Waals surface area contributed by atoms with Crippen molar-refractivity contribution in [2.45, 2.75) is 10.1 Å². The van der Waals surface area contributed by atoms with Gasteiger partial charge in [-0.05, 0) is 17.7 Å². The summed E-state index contributed by atoms with van der Waals surface area (Å²) < 4.78 is 14.7. The lowest BCUT2D eigenvalue weighted by molar-refractivity contribution is 0.350. The molecule has 0 amide bonds. The minimum absolute atomic E-state index is 0.232. The van der Waals surface area contributed by atoms with Crippen molar-refractivity contribution in [1.82, 2.24) is 10.2 Å². The zero-order valence-corrected chi connectivity index (χ0v) is 13.3. The van der Waals surface area contributed by atoms with E-state index in [9.17, 15) is 4.39 Å². The van der Waals surface area contributed by atoms with Crippen LogP contribution in [0.5, 0.6) is 0 Å². The Morgan fingerprint density at radius 2 is 2.19 bits per heavy atom. The molecule has 1 aromatic carbocycles. The first-order chi connectivity index (χ1) is 10.1. The molecule has 110 valence electrons. The Morgan fingerprint density at radius 3 is 2.81 bits per heavy atom. The third-order valence-corrected chi connectivity index (χ3v) is 4.77. The molecule has 1 N–H and O–H groups in total. The summed E-state index contributed by atoms with van der Waals surface area (Å²) in [6.07, 6.45) is 0. The molecule has 2 rings (SSSR count). The Morgan fingerprint density at radius 1 is 1.38 bits per heavy atom. The van der Waals surface area contributed by atoms with Crippen LogP contribution in [0.2, 0.25) is 0 Å². The minimum atomic E-state index is -0.301. The number of aromatic nitrogens is 2. The predicted molar refractivity (Wildman–Crippen MR) is 84.2 cm³/mol. The molecule has 0 spiro atoms. The molecule has 0 atom stereocenters.